The van der Waals surface area contributed by atoms with Crippen LogP contribution in [0.1, 0.15) is 23.0 Å². The number of hydrogen-bond acceptors (Lipinski definition) is 4. The summed E-state index contributed by atoms with van der Waals surface area (Å²) in [6.45, 7) is 3.14. The zero-order chi connectivity index (χ0) is 17.0. The van der Waals surface area contributed by atoms with Gasteiger partial charge in [0, 0.05) is 23.6 Å². The van der Waals surface area contributed by atoms with Crippen LogP contribution >= 0.6 is 0 Å². The maximum absolute atomic E-state index is 13.1. The molecule has 0 saturated carbocycles. The number of rotatable bonds is 4. The quantitative estimate of drug-likeness (QED) is 0.880. The third-order valence-electron chi connectivity index (χ3n) is 2.99. The van der Waals surface area contributed by atoms with Gasteiger partial charge in [0.15, 0.2) is 17.7 Å². The number of amides is 1. The molecule has 0 unspecified atom stereocenters. The van der Waals surface area contributed by atoms with Gasteiger partial charge in [-0.05, 0) is 38.1 Å². The lowest BCUT2D eigenvalue weighted by atomic mass is 10.2. The minimum absolute atomic E-state index is 0.0637. The number of aryl methyl sites for hydroxylation is 1. The maximum Gasteiger partial charge on any atom is 0.340 e. The van der Waals surface area contributed by atoms with Crippen molar-refractivity contribution in [2.75, 3.05) is 5.32 Å². The van der Waals surface area contributed by atoms with E-state index < -0.39 is 29.6 Å². The minimum Gasteiger partial charge on any atom is -0.449 e. The van der Waals surface area contributed by atoms with Gasteiger partial charge in [0.05, 0.1) is 5.56 Å². The largest absolute Gasteiger partial charge is 0.449 e. The third kappa shape index (κ3) is 4.32. The van der Waals surface area contributed by atoms with E-state index in [1.54, 1.807) is 13.0 Å². The fraction of sp³-hybridized carbons (Fsp3) is 0.188. The molecular formula is C16H14F2N2O3. The number of carbonyl (C=O) groups is 2. The number of ether oxygens (including phenoxy) is 1. The summed E-state index contributed by atoms with van der Waals surface area (Å²) < 4.78 is 30.9. The Morgan fingerprint density at radius 3 is 2.52 bits per heavy atom. The molecule has 1 aromatic heterocycles. The first-order valence-electron chi connectivity index (χ1n) is 6.76. The van der Waals surface area contributed by atoms with E-state index in [1.165, 1.54) is 25.3 Å². The molecule has 0 fully saturated rings. The summed E-state index contributed by atoms with van der Waals surface area (Å²) in [6.07, 6.45) is 0.231. The number of nitrogens with one attached hydrogen (secondary N) is 1. The lowest BCUT2D eigenvalue weighted by Gasteiger charge is -2.13. The molecule has 1 amide bonds. The van der Waals surface area contributed by atoms with Crippen molar-refractivity contribution in [1.29, 1.82) is 0 Å². The van der Waals surface area contributed by atoms with Crippen molar-refractivity contribution in [1.82, 2.24) is 4.98 Å². The second-order valence-electron chi connectivity index (χ2n) is 4.85. The zero-order valence-corrected chi connectivity index (χ0v) is 12.5. The number of anilines is 1. The Morgan fingerprint density at radius 2 is 1.91 bits per heavy atom. The van der Waals surface area contributed by atoms with E-state index in [-0.39, 0.29) is 11.3 Å². The fourth-order valence-electron chi connectivity index (χ4n) is 1.69. The second kappa shape index (κ2) is 6.95. The van der Waals surface area contributed by atoms with Gasteiger partial charge in [0.25, 0.3) is 5.91 Å². The number of pyridine rings is 1. The number of nitrogens with zero attached hydrogens (tertiary/aromatic N) is 1. The fourth-order valence-corrected chi connectivity index (χ4v) is 1.69. The van der Waals surface area contributed by atoms with Crippen molar-refractivity contribution in [2.24, 2.45) is 0 Å². The number of carbonyl (C=O) groups excluding carboxylic acids is 2. The van der Waals surface area contributed by atoms with Crippen molar-refractivity contribution >= 4 is 17.6 Å². The van der Waals surface area contributed by atoms with Gasteiger partial charge in [-0.25, -0.2) is 13.6 Å². The summed E-state index contributed by atoms with van der Waals surface area (Å²) in [5, 5.41) is 2.34. The van der Waals surface area contributed by atoms with Gasteiger partial charge in [0.1, 0.15) is 0 Å². The lowest BCUT2D eigenvalue weighted by Crippen LogP contribution is -2.30. The predicted molar refractivity (Wildman–Crippen MR) is 78.8 cm³/mol. The molecule has 23 heavy (non-hydrogen) atoms. The van der Waals surface area contributed by atoms with E-state index in [1.807, 2.05) is 0 Å². The summed E-state index contributed by atoms with van der Waals surface area (Å²) in [5.41, 5.74) is 1.02. The van der Waals surface area contributed by atoms with Crippen LogP contribution in [0.15, 0.2) is 36.5 Å². The average molecular weight is 320 g/mol. The van der Waals surface area contributed by atoms with E-state index in [9.17, 15) is 18.4 Å². The molecule has 120 valence electrons. The van der Waals surface area contributed by atoms with Crippen LogP contribution in [0.3, 0.4) is 0 Å². The van der Waals surface area contributed by atoms with Crippen molar-refractivity contribution in [2.45, 2.75) is 20.0 Å². The number of halogens is 2. The Balaban J connectivity index is 1.97. The van der Waals surface area contributed by atoms with Gasteiger partial charge >= 0.3 is 5.97 Å². The highest BCUT2D eigenvalue weighted by Crippen LogP contribution is 2.14. The molecule has 2 rings (SSSR count). The summed E-state index contributed by atoms with van der Waals surface area (Å²) in [5.74, 6) is -3.47. The summed E-state index contributed by atoms with van der Waals surface area (Å²) in [4.78, 5) is 27.7. The van der Waals surface area contributed by atoms with E-state index in [2.05, 4.69) is 10.3 Å². The average Bonchev–Trinajstić information content (AvgIpc) is 2.51. The topological polar surface area (TPSA) is 68.3 Å². The highest BCUT2D eigenvalue weighted by Gasteiger charge is 2.19. The number of benzene rings is 1. The highest BCUT2D eigenvalue weighted by atomic mass is 19.2. The van der Waals surface area contributed by atoms with E-state index in [4.69, 9.17) is 4.74 Å². The maximum atomic E-state index is 13.1. The summed E-state index contributed by atoms with van der Waals surface area (Å²) in [6, 6.07) is 6.10. The van der Waals surface area contributed by atoms with Crippen LogP contribution in [-0.2, 0) is 9.53 Å². The Labute approximate surface area is 131 Å². The first-order valence-corrected chi connectivity index (χ1v) is 6.76. The molecular weight excluding hydrogens is 306 g/mol. The lowest BCUT2D eigenvalue weighted by molar-refractivity contribution is -0.123. The molecule has 1 aromatic carbocycles. The van der Waals surface area contributed by atoms with Crippen molar-refractivity contribution in [3.63, 3.8) is 0 Å². The zero-order valence-electron chi connectivity index (χ0n) is 12.5. The van der Waals surface area contributed by atoms with Gasteiger partial charge in [-0.3, -0.25) is 9.78 Å². The smallest absolute Gasteiger partial charge is 0.340 e. The molecule has 5 nitrogen and oxygen atoms in total. The molecule has 1 N–H and O–H groups in total. The van der Waals surface area contributed by atoms with Gasteiger partial charge in [-0.2, -0.15) is 0 Å². The summed E-state index contributed by atoms with van der Waals surface area (Å²) >= 11 is 0. The van der Waals surface area contributed by atoms with Gasteiger partial charge in [-0.15, -0.1) is 0 Å². The molecule has 7 heteroatoms. The van der Waals surface area contributed by atoms with Crippen LogP contribution in [0.2, 0.25) is 0 Å². The Bertz CT molecular complexity index is 733. The standard InChI is InChI=1S/C16H14F2N2O3/c1-9-3-4-11(8-19-9)16(22)23-10(2)15(21)20-12-5-6-13(17)14(18)7-12/h3-8,10H,1-2H3,(H,20,21)/t10-/m0/s1. The second-order valence-corrected chi connectivity index (χ2v) is 4.85. The summed E-state index contributed by atoms with van der Waals surface area (Å²) in [7, 11) is 0. The van der Waals surface area contributed by atoms with E-state index in [0.717, 1.165) is 17.8 Å². The molecule has 1 atom stereocenters. The molecule has 0 bridgehead atoms. The van der Waals surface area contributed by atoms with Gasteiger partial charge in [-0.1, -0.05) is 0 Å². The van der Waals surface area contributed by atoms with E-state index in [0.29, 0.717) is 0 Å². The Hall–Kier alpha value is -2.83. The molecule has 0 aliphatic rings. The first kappa shape index (κ1) is 16.5. The SMILES string of the molecule is Cc1ccc(C(=O)O[C@@H](C)C(=O)Nc2ccc(F)c(F)c2)cn1. The monoisotopic (exact) mass is 320 g/mol. The molecule has 0 radical (unpaired) electrons. The molecule has 1 heterocycles. The molecule has 0 aliphatic carbocycles. The first-order chi connectivity index (χ1) is 10.9. The highest BCUT2D eigenvalue weighted by molar-refractivity contribution is 5.97. The predicted octanol–water partition coefficient (Wildman–Crippen LogP) is 2.85. The third-order valence-corrected chi connectivity index (χ3v) is 2.99. The van der Waals surface area contributed by atoms with Crippen LogP contribution in [0.4, 0.5) is 14.5 Å². The normalized spacial score (nSPS) is 11.7. The van der Waals surface area contributed by atoms with Crippen molar-refractivity contribution in [3.8, 4) is 0 Å². The van der Waals surface area contributed by atoms with Crippen molar-refractivity contribution < 1.29 is 23.1 Å². The van der Waals surface area contributed by atoms with Crippen molar-refractivity contribution in [3.05, 3.63) is 59.4 Å². The number of esters is 1. The molecule has 0 saturated heterocycles. The van der Waals surface area contributed by atoms with Crippen LogP contribution in [0.25, 0.3) is 0 Å². The molecule has 0 aliphatic heterocycles. The Kier molecular flexibility index (Phi) is 5.00. The van der Waals surface area contributed by atoms with Crippen LogP contribution < -0.4 is 5.32 Å². The van der Waals surface area contributed by atoms with Crippen LogP contribution in [-0.4, -0.2) is 23.0 Å². The number of hydrogen-bond donors (Lipinski definition) is 1. The van der Waals surface area contributed by atoms with Gasteiger partial charge in [0.2, 0.25) is 0 Å². The Morgan fingerprint density at radius 1 is 1.17 bits per heavy atom. The van der Waals surface area contributed by atoms with E-state index >= 15 is 0 Å². The molecule has 2 aromatic rings. The van der Waals surface area contributed by atoms with Gasteiger partial charge < -0.3 is 10.1 Å². The van der Waals surface area contributed by atoms with Crippen LogP contribution in [0, 0.1) is 18.6 Å². The van der Waals surface area contributed by atoms with Crippen LogP contribution in [0.5, 0.6) is 0 Å². The minimum atomic E-state index is -1.11. The molecule has 0 spiro atoms. The number of aromatic nitrogens is 1.